The molecule has 3 rings (SSSR count). The first-order chi connectivity index (χ1) is 14.2. The lowest BCUT2D eigenvalue weighted by molar-refractivity contribution is 0.0687. The molecule has 0 radical (unpaired) electrons. The SMILES string of the molecule is COc1ccc(NS(=O)(=O)c2cc(C(=O)N3CCC(C)CC3)n(C)c2C)cc1OC. The molecule has 1 saturated heterocycles. The number of hydrogen-bond donors (Lipinski definition) is 1. The van der Waals surface area contributed by atoms with Crippen molar-refractivity contribution in [3.05, 3.63) is 35.7 Å². The predicted octanol–water partition coefficient (Wildman–Crippen LogP) is 3.02. The van der Waals surface area contributed by atoms with Crippen LogP contribution in [-0.2, 0) is 17.1 Å². The number of amides is 1. The maximum absolute atomic E-state index is 13.1. The average molecular weight is 436 g/mol. The molecule has 1 aliphatic heterocycles. The fourth-order valence-electron chi connectivity index (χ4n) is 3.63. The van der Waals surface area contributed by atoms with E-state index in [-0.39, 0.29) is 10.8 Å². The molecule has 164 valence electrons. The number of piperidine rings is 1. The lowest BCUT2D eigenvalue weighted by Crippen LogP contribution is -2.38. The van der Waals surface area contributed by atoms with Crippen LogP contribution in [0.1, 0.15) is 35.9 Å². The highest BCUT2D eigenvalue weighted by Gasteiger charge is 2.28. The molecule has 0 spiro atoms. The van der Waals surface area contributed by atoms with E-state index in [9.17, 15) is 13.2 Å². The van der Waals surface area contributed by atoms with E-state index in [0.29, 0.717) is 47.6 Å². The Morgan fingerprint density at radius 3 is 2.33 bits per heavy atom. The lowest BCUT2D eigenvalue weighted by atomic mass is 9.99. The number of carbonyl (C=O) groups is 1. The maximum Gasteiger partial charge on any atom is 0.270 e. The van der Waals surface area contributed by atoms with Gasteiger partial charge in [-0.25, -0.2) is 8.42 Å². The number of likely N-dealkylation sites (tertiary alicyclic amines) is 1. The minimum absolute atomic E-state index is 0.0773. The summed E-state index contributed by atoms with van der Waals surface area (Å²) in [6, 6.07) is 6.23. The van der Waals surface area contributed by atoms with Crippen molar-refractivity contribution in [3.8, 4) is 11.5 Å². The van der Waals surface area contributed by atoms with Crippen LogP contribution >= 0.6 is 0 Å². The first kappa shape index (κ1) is 22.0. The Bertz CT molecular complexity index is 1040. The van der Waals surface area contributed by atoms with Gasteiger partial charge in [-0.1, -0.05) is 6.92 Å². The number of sulfonamides is 1. The number of anilines is 1. The molecule has 2 heterocycles. The fourth-order valence-corrected chi connectivity index (χ4v) is 4.97. The Labute approximate surface area is 177 Å². The Balaban J connectivity index is 1.88. The standard InChI is InChI=1S/C21H29N3O5S/c1-14-8-10-24(11-9-14)21(25)17-13-20(15(2)23(17)3)30(26,27)22-16-6-7-18(28-4)19(12-16)29-5/h6-7,12-14,22H,8-11H2,1-5H3. The van der Waals surface area contributed by atoms with E-state index < -0.39 is 10.0 Å². The van der Waals surface area contributed by atoms with Gasteiger partial charge in [-0.05, 0) is 43.9 Å². The van der Waals surface area contributed by atoms with Crippen LogP contribution in [-0.4, -0.2) is 51.1 Å². The monoisotopic (exact) mass is 435 g/mol. The summed E-state index contributed by atoms with van der Waals surface area (Å²) in [5.74, 6) is 1.38. The van der Waals surface area contributed by atoms with Crippen molar-refractivity contribution >= 4 is 21.6 Å². The molecule has 1 aromatic carbocycles. The molecule has 1 N–H and O–H groups in total. The molecule has 30 heavy (non-hydrogen) atoms. The summed E-state index contributed by atoms with van der Waals surface area (Å²) < 4.78 is 40.8. The minimum atomic E-state index is -3.90. The number of nitrogens with one attached hydrogen (secondary N) is 1. The first-order valence-corrected chi connectivity index (χ1v) is 11.4. The zero-order valence-electron chi connectivity index (χ0n) is 18.1. The van der Waals surface area contributed by atoms with Crippen molar-refractivity contribution in [3.63, 3.8) is 0 Å². The van der Waals surface area contributed by atoms with E-state index in [1.165, 1.54) is 20.3 Å². The van der Waals surface area contributed by atoms with Crippen LogP contribution in [0.2, 0.25) is 0 Å². The molecule has 1 amide bonds. The van der Waals surface area contributed by atoms with Gasteiger partial charge < -0.3 is 18.9 Å². The van der Waals surface area contributed by atoms with Gasteiger partial charge in [0.25, 0.3) is 15.9 Å². The Hall–Kier alpha value is -2.68. The van der Waals surface area contributed by atoms with Gasteiger partial charge >= 0.3 is 0 Å². The van der Waals surface area contributed by atoms with Gasteiger partial charge in [-0.15, -0.1) is 0 Å². The number of aromatic nitrogens is 1. The van der Waals surface area contributed by atoms with Crippen molar-refractivity contribution < 1.29 is 22.7 Å². The molecule has 1 fully saturated rings. The molecular weight excluding hydrogens is 406 g/mol. The van der Waals surface area contributed by atoms with Crippen molar-refractivity contribution in [2.75, 3.05) is 32.0 Å². The summed E-state index contributed by atoms with van der Waals surface area (Å²) in [7, 11) is 0.805. The minimum Gasteiger partial charge on any atom is -0.493 e. The van der Waals surface area contributed by atoms with Crippen molar-refractivity contribution in [1.82, 2.24) is 9.47 Å². The summed E-state index contributed by atoms with van der Waals surface area (Å²) >= 11 is 0. The fraction of sp³-hybridized carbons (Fsp3) is 0.476. The van der Waals surface area contributed by atoms with E-state index in [1.807, 2.05) is 0 Å². The molecule has 0 saturated carbocycles. The highest BCUT2D eigenvalue weighted by molar-refractivity contribution is 7.92. The molecule has 0 bridgehead atoms. The summed E-state index contributed by atoms with van der Waals surface area (Å²) in [5, 5.41) is 0. The average Bonchev–Trinajstić information content (AvgIpc) is 3.03. The number of ether oxygens (including phenoxy) is 2. The van der Waals surface area contributed by atoms with E-state index in [1.54, 1.807) is 41.6 Å². The second-order valence-corrected chi connectivity index (χ2v) is 9.34. The Morgan fingerprint density at radius 2 is 1.73 bits per heavy atom. The zero-order valence-corrected chi connectivity index (χ0v) is 18.9. The van der Waals surface area contributed by atoms with Crippen molar-refractivity contribution in [1.29, 1.82) is 0 Å². The van der Waals surface area contributed by atoms with E-state index >= 15 is 0 Å². The lowest BCUT2D eigenvalue weighted by Gasteiger charge is -2.30. The van der Waals surface area contributed by atoms with Gasteiger partial charge in [-0.3, -0.25) is 9.52 Å². The van der Waals surface area contributed by atoms with E-state index in [2.05, 4.69) is 11.6 Å². The van der Waals surface area contributed by atoms with Crippen LogP contribution in [0, 0.1) is 12.8 Å². The highest BCUT2D eigenvalue weighted by atomic mass is 32.2. The number of carbonyl (C=O) groups excluding carboxylic acids is 1. The van der Waals surface area contributed by atoms with E-state index in [4.69, 9.17) is 9.47 Å². The van der Waals surface area contributed by atoms with Crippen LogP contribution < -0.4 is 14.2 Å². The van der Waals surface area contributed by atoms with Crippen molar-refractivity contribution in [2.45, 2.75) is 31.6 Å². The largest absolute Gasteiger partial charge is 0.493 e. The van der Waals surface area contributed by atoms with Gasteiger partial charge in [0.15, 0.2) is 11.5 Å². The Kier molecular flexibility index (Phi) is 6.30. The van der Waals surface area contributed by atoms with Crippen LogP contribution in [0.25, 0.3) is 0 Å². The zero-order chi connectivity index (χ0) is 22.1. The van der Waals surface area contributed by atoms with Crippen LogP contribution in [0.5, 0.6) is 11.5 Å². The molecule has 9 heteroatoms. The highest BCUT2D eigenvalue weighted by Crippen LogP contribution is 2.31. The molecule has 0 unspecified atom stereocenters. The van der Waals surface area contributed by atoms with Gasteiger partial charge in [0.2, 0.25) is 0 Å². The molecule has 8 nitrogen and oxygen atoms in total. The quantitative estimate of drug-likeness (QED) is 0.753. The van der Waals surface area contributed by atoms with Crippen LogP contribution in [0.4, 0.5) is 5.69 Å². The van der Waals surface area contributed by atoms with Crippen LogP contribution in [0.15, 0.2) is 29.2 Å². The summed E-state index contributed by atoms with van der Waals surface area (Å²) in [6.45, 7) is 5.25. The number of nitrogens with zero attached hydrogens (tertiary/aromatic N) is 2. The second kappa shape index (κ2) is 8.59. The number of benzene rings is 1. The molecule has 0 aliphatic carbocycles. The molecular formula is C21H29N3O5S. The number of methoxy groups -OCH3 is 2. The smallest absolute Gasteiger partial charge is 0.270 e. The maximum atomic E-state index is 13.1. The third-order valence-electron chi connectivity index (χ3n) is 5.70. The van der Waals surface area contributed by atoms with Crippen molar-refractivity contribution in [2.24, 2.45) is 13.0 Å². The second-order valence-electron chi connectivity index (χ2n) is 7.69. The normalized spacial score (nSPS) is 15.2. The van der Waals surface area contributed by atoms with Gasteiger partial charge in [-0.2, -0.15) is 0 Å². The molecule has 0 atom stereocenters. The van der Waals surface area contributed by atoms with Gasteiger partial charge in [0, 0.05) is 31.9 Å². The summed E-state index contributed by atoms with van der Waals surface area (Å²) in [6.07, 6.45) is 1.92. The molecule has 2 aromatic rings. The molecule has 1 aliphatic rings. The third kappa shape index (κ3) is 4.26. The first-order valence-electron chi connectivity index (χ1n) is 9.88. The van der Waals surface area contributed by atoms with Gasteiger partial charge in [0.1, 0.15) is 10.6 Å². The topological polar surface area (TPSA) is 89.9 Å². The third-order valence-corrected chi connectivity index (χ3v) is 7.20. The van der Waals surface area contributed by atoms with Gasteiger partial charge in [0.05, 0.1) is 19.9 Å². The predicted molar refractivity (Wildman–Crippen MR) is 115 cm³/mol. The summed E-state index contributed by atoms with van der Waals surface area (Å²) in [5.41, 5.74) is 1.21. The summed E-state index contributed by atoms with van der Waals surface area (Å²) in [4.78, 5) is 14.9. The molecule has 1 aromatic heterocycles. The number of hydrogen-bond acceptors (Lipinski definition) is 5. The van der Waals surface area contributed by atoms with E-state index in [0.717, 1.165) is 12.8 Å². The van der Waals surface area contributed by atoms with Crippen LogP contribution in [0.3, 0.4) is 0 Å². The Morgan fingerprint density at radius 1 is 1.10 bits per heavy atom. The number of rotatable bonds is 6.